The van der Waals surface area contributed by atoms with Crippen molar-refractivity contribution in [2.75, 3.05) is 19.8 Å². The van der Waals surface area contributed by atoms with Crippen LogP contribution in [-0.4, -0.2) is 36.8 Å². The van der Waals surface area contributed by atoms with Gasteiger partial charge < -0.3 is 20.1 Å². The van der Waals surface area contributed by atoms with Gasteiger partial charge in [-0.25, -0.2) is 9.98 Å². The zero-order chi connectivity index (χ0) is 19.6. The van der Waals surface area contributed by atoms with Gasteiger partial charge in [0.1, 0.15) is 5.01 Å². The molecule has 3 rings (SSSR count). The van der Waals surface area contributed by atoms with Crippen LogP contribution in [-0.2, 0) is 29.2 Å². The molecule has 1 aliphatic heterocycles. The van der Waals surface area contributed by atoms with Crippen LogP contribution in [0.2, 0.25) is 0 Å². The fourth-order valence-corrected chi connectivity index (χ4v) is 3.76. The SMILES string of the molecule is CCNC(=NCc1cccc(COC2CCOCC2)c1)NCc1ncc(C)s1.I. The molecule has 1 saturated heterocycles. The Labute approximate surface area is 194 Å². The number of nitrogens with one attached hydrogen (secondary N) is 2. The second-order valence-corrected chi connectivity index (χ2v) is 8.18. The van der Waals surface area contributed by atoms with Gasteiger partial charge in [0.15, 0.2) is 5.96 Å². The summed E-state index contributed by atoms with van der Waals surface area (Å²) >= 11 is 1.70. The molecule has 29 heavy (non-hydrogen) atoms. The fourth-order valence-electron chi connectivity index (χ4n) is 3.03. The molecule has 0 unspecified atom stereocenters. The third-order valence-corrected chi connectivity index (χ3v) is 5.40. The molecule has 6 nitrogen and oxygen atoms in total. The lowest BCUT2D eigenvalue weighted by molar-refractivity contribution is -0.0390. The lowest BCUT2D eigenvalue weighted by Crippen LogP contribution is -2.36. The van der Waals surface area contributed by atoms with Crippen molar-refractivity contribution < 1.29 is 9.47 Å². The highest BCUT2D eigenvalue weighted by molar-refractivity contribution is 14.0. The van der Waals surface area contributed by atoms with Crippen LogP contribution >= 0.6 is 35.3 Å². The van der Waals surface area contributed by atoms with Crippen LogP contribution in [0, 0.1) is 6.92 Å². The Hall–Kier alpha value is -1.23. The van der Waals surface area contributed by atoms with E-state index >= 15 is 0 Å². The Bertz CT molecular complexity index is 763. The second kappa shape index (κ2) is 13.1. The van der Waals surface area contributed by atoms with Crippen molar-refractivity contribution in [3.05, 3.63) is 51.5 Å². The Morgan fingerprint density at radius 1 is 1.28 bits per heavy atom. The highest BCUT2D eigenvalue weighted by Gasteiger charge is 2.14. The molecule has 2 heterocycles. The van der Waals surface area contributed by atoms with Crippen molar-refractivity contribution in [2.45, 2.75) is 52.5 Å². The van der Waals surface area contributed by atoms with E-state index in [9.17, 15) is 0 Å². The minimum atomic E-state index is 0. The number of ether oxygens (including phenoxy) is 2. The van der Waals surface area contributed by atoms with E-state index < -0.39 is 0 Å². The summed E-state index contributed by atoms with van der Waals surface area (Å²) in [5, 5.41) is 7.71. The van der Waals surface area contributed by atoms with Crippen molar-refractivity contribution in [1.82, 2.24) is 15.6 Å². The number of aliphatic imine (C=N–C) groups is 1. The number of hydrogen-bond donors (Lipinski definition) is 2. The Morgan fingerprint density at radius 3 is 2.79 bits per heavy atom. The minimum Gasteiger partial charge on any atom is -0.381 e. The summed E-state index contributed by atoms with van der Waals surface area (Å²) in [6.07, 6.45) is 4.19. The van der Waals surface area contributed by atoms with Gasteiger partial charge in [0.25, 0.3) is 0 Å². The number of halogens is 1. The van der Waals surface area contributed by atoms with Gasteiger partial charge in [0.05, 0.1) is 25.8 Å². The van der Waals surface area contributed by atoms with Crippen LogP contribution in [0.4, 0.5) is 0 Å². The van der Waals surface area contributed by atoms with Crippen molar-refractivity contribution in [2.24, 2.45) is 4.99 Å². The molecule has 160 valence electrons. The molecular formula is C21H31IN4O2S. The zero-order valence-electron chi connectivity index (χ0n) is 17.1. The number of rotatable bonds is 8. The largest absolute Gasteiger partial charge is 0.381 e. The number of benzene rings is 1. The first-order chi connectivity index (χ1) is 13.7. The smallest absolute Gasteiger partial charge is 0.191 e. The van der Waals surface area contributed by atoms with Gasteiger partial charge in [-0.2, -0.15) is 0 Å². The van der Waals surface area contributed by atoms with Gasteiger partial charge in [-0.1, -0.05) is 24.3 Å². The van der Waals surface area contributed by atoms with Crippen molar-refractivity contribution >= 4 is 41.3 Å². The van der Waals surface area contributed by atoms with Gasteiger partial charge in [-0.05, 0) is 37.8 Å². The molecule has 1 aliphatic rings. The van der Waals surface area contributed by atoms with Crippen LogP contribution in [0.1, 0.15) is 40.8 Å². The highest BCUT2D eigenvalue weighted by Crippen LogP contribution is 2.15. The van der Waals surface area contributed by atoms with Crippen molar-refractivity contribution in [3.63, 3.8) is 0 Å². The molecule has 0 spiro atoms. The van der Waals surface area contributed by atoms with Crippen LogP contribution in [0.15, 0.2) is 35.5 Å². The summed E-state index contributed by atoms with van der Waals surface area (Å²) in [4.78, 5) is 10.3. The molecule has 1 aromatic heterocycles. The molecule has 0 bridgehead atoms. The molecule has 0 radical (unpaired) electrons. The van der Waals surface area contributed by atoms with Crippen molar-refractivity contribution in [3.8, 4) is 0 Å². The third-order valence-electron chi connectivity index (χ3n) is 4.49. The summed E-state index contributed by atoms with van der Waals surface area (Å²) in [6, 6.07) is 8.47. The molecule has 0 atom stereocenters. The number of guanidine groups is 1. The van der Waals surface area contributed by atoms with E-state index in [0.29, 0.717) is 25.8 Å². The van der Waals surface area contributed by atoms with Gasteiger partial charge in [0, 0.05) is 30.8 Å². The molecule has 0 saturated carbocycles. The molecular weight excluding hydrogens is 499 g/mol. The molecule has 0 aliphatic carbocycles. The van der Waals surface area contributed by atoms with E-state index in [2.05, 4.69) is 53.7 Å². The average Bonchev–Trinajstić information content (AvgIpc) is 3.15. The van der Waals surface area contributed by atoms with Crippen LogP contribution in [0.3, 0.4) is 0 Å². The van der Waals surface area contributed by atoms with Crippen LogP contribution in [0.25, 0.3) is 0 Å². The summed E-state index contributed by atoms with van der Waals surface area (Å²) in [5.74, 6) is 0.805. The van der Waals surface area contributed by atoms with E-state index in [0.717, 1.165) is 43.6 Å². The summed E-state index contributed by atoms with van der Waals surface area (Å²) in [6.45, 7) is 8.52. The number of aromatic nitrogens is 1. The Balaban J connectivity index is 0.00000300. The predicted octanol–water partition coefficient (Wildman–Crippen LogP) is 4.02. The highest BCUT2D eigenvalue weighted by atomic mass is 127. The van der Waals surface area contributed by atoms with E-state index in [1.54, 1.807) is 11.3 Å². The fraction of sp³-hybridized carbons (Fsp3) is 0.524. The molecule has 0 amide bonds. The first-order valence-electron chi connectivity index (χ1n) is 9.93. The minimum absolute atomic E-state index is 0. The number of thiazole rings is 1. The van der Waals surface area contributed by atoms with E-state index in [4.69, 9.17) is 14.5 Å². The van der Waals surface area contributed by atoms with E-state index in [-0.39, 0.29) is 24.0 Å². The van der Waals surface area contributed by atoms with Gasteiger partial charge >= 0.3 is 0 Å². The predicted molar refractivity (Wildman–Crippen MR) is 129 cm³/mol. The quantitative estimate of drug-likeness (QED) is 0.307. The second-order valence-electron chi connectivity index (χ2n) is 6.86. The number of hydrogen-bond acceptors (Lipinski definition) is 5. The molecule has 2 N–H and O–H groups in total. The normalized spacial score (nSPS) is 15.0. The van der Waals surface area contributed by atoms with E-state index in [1.807, 2.05) is 6.20 Å². The summed E-state index contributed by atoms with van der Waals surface area (Å²) < 4.78 is 11.4. The van der Waals surface area contributed by atoms with Crippen LogP contribution in [0.5, 0.6) is 0 Å². The number of aryl methyl sites for hydroxylation is 1. The van der Waals surface area contributed by atoms with Gasteiger partial charge in [0.2, 0.25) is 0 Å². The molecule has 2 aromatic rings. The van der Waals surface area contributed by atoms with Crippen molar-refractivity contribution in [1.29, 1.82) is 0 Å². The van der Waals surface area contributed by atoms with Gasteiger partial charge in [-0.3, -0.25) is 0 Å². The zero-order valence-corrected chi connectivity index (χ0v) is 20.3. The Kier molecular flexibility index (Phi) is 10.9. The maximum absolute atomic E-state index is 6.03. The van der Waals surface area contributed by atoms with E-state index in [1.165, 1.54) is 16.0 Å². The van der Waals surface area contributed by atoms with Gasteiger partial charge in [-0.15, -0.1) is 35.3 Å². The lowest BCUT2D eigenvalue weighted by atomic mass is 10.1. The molecule has 1 aromatic carbocycles. The monoisotopic (exact) mass is 530 g/mol. The summed E-state index contributed by atoms with van der Waals surface area (Å²) in [7, 11) is 0. The first-order valence-corrected chi connectivity index (χ1v) is 10.7. The van der Waals surface area contributed by atoms with Crippen LogP contribution < -0.4 is 10.6 Å². The standard InChI is InChI=1S/C21H30N4O2S.HI/c1-3-22-21(25-14-20-23-12-16(2)28-20)24-13-17-5-4-6-18(11-17)15-27-19-7-9-26-10-8-19;/h4-6,11-12,19H,3,7-10,13-15H2,1-2H3,(H2,22,24,25);1H. The summed E-state index contributed by atoms with van der Waals surface area (Å²) in [5.41, 5.74) is 2.37. The lowest BCUT2D eigenvalue weighted by Gasteiger charge is -2.22. The Morgan fingerprint density at radius 2 is 2.07 bits per heavy atom. The molecule has 1 fully saturated rings. The number of nitrogens with zero attached hydrogens (tertiary/aromatic N) is 2. The maximum Gasteiger partial charge on any atom is 0.191 e. The topological polar surface area (TPSA) is 67.8 Å². The maximum atomic E-state index is 6.03. The first kappa shape index (κ1) is 24.0. The molecule has 8 heteroatoms. The third kappa shape index (κ3) is 8.57. The average molecular weight is 530 g/mol.